The van der Waals surface area contributed by atoms with E-state index in [1.807, 2.05) is 0 Å². The molecule has 6 nitrogen and oxygen atoms in total. The van der Waals surface area contributed by atoms with Gasteiger partial charge < -0.3 is 11.1 Å². The SMILES string of the molecule is CCS(=O)(=O)Nc1ccc(NC(=O)[C@@H](C)N)cc1. The minimum atomic E-state index is -3.28. The first-order chi connectivity index (χ1) is 8.34. The van der Waals surface area contributed by atoms with Crippen LogP contribution in [0.25, 0.3) is 0 Å². The fraction of sp³-hybridized carbons (Fsp3) is 0.364. The summed E-state index contributed by atoms with van der Waals surface area (Å²) in [6, 6.07) is 5.76. The zero-order valence-corrected chi connectivity index (χ0v) is 11.1. The summed E-state index contributed by atoms with van der Waals surface area (Å²) in [5, 5.41) is 2.60. The number of anilines is 2. The minimum absolute atomic E-state index is 0.0101. The summed E-state index contributed by atoms with van der Waals surface area (Å²) in [7, 11) is -3.28. The molecule has 1 aromatic rings. The summed E-state index contributed by atoms with van der Waals surface area (Å²) in [5.41, 5.74) is 6.43. The molecule has 0 unspecified atom stereocenters. The van der Waals surface area contributed by atoms with Gasteiger partial charge in [-0.3, -0.25) is 9.52 Å². The highest BCUT2D eigenvalue weighted by molar-refractivity contribution is 7.92. The van der Waals surface area contributed by atoms with E-state index >= 15 is 0 Å². The third kappa shape index (κ3) is 4.34. The number of sulfonamides is 1. The molecule has 18 heavy (non-hydrogen) atoms. The second kappa shape index (κ2) is 5.83. The zero-order chi connectivity index (χ0) is 13.8. The quantitative estimate of drug-likeness (QED) is 0.735. The van der Waals surface area contributed by atoms with E-state index in [1.165, 1.54) is 0 Å². The molecule has 0 saturated heterocycles. The molecule has 0 radical (unpaired) electrons. The van der Waals surface area contributed by atoms with E-state index in [1.54, 1.807) is 38.1 Å². The number of amides is 1. The Labute approximate surface area is 107 Å². The van der Waals surface area contributed by atoms with Gasteiger partial charge in [0.25, 0.3) is 0 Å². The van der Waals surface area contributed by atoms with Crippen LogP contribution in [0.15, 0.2) is 24.3 Å². The van der Waals surface area contributed by atoms with Crippen LogP contribution in [0.1, 0.15) is 13.8 Å². The molecule has 0 fully saturated rings. The van der Waals surface area contributed by atoms with Crippen LogP contribution in [-0.4, -0.2) is 26.1 Å². The summed E-state index contributed by atoms with van der Waals surface area (Å²) >= 11 is 0. The molecule has 0 aliphatic heterocycles. The maximum Gasteiger partial charge on any atom is 0.240 e. The van der Waals surface area contributed by atoms with Crippen LogP contribution < -0.4 is 15.8 Å². The van der Waals surface area contributed by atoms with Gasteiger partial charge in [0.2, 0.25) is 15.9 Å². The Balaban J connectivity index is 2.72. The Bertz CT molecular complexity index is 509. The molecule has 0 saturated carbocycles. The van der Waals surface area contributed by atoms with Crippen LogP contribution in [0, 0.1) is 0 Å². The second-order valence-corrected chi connectivity index (χ2v) is 5.87. The van der Waals surface area contributed by atoms with Crippen molar-refractivity contribution in [3.63, 3.8) is 0 Å². The van der Waals surface area contributed by atoms with E-state index in [9.17, 15) is 13.2 Å². The van der Waals surface area contributed by atoms with Gasteiger partial charge >= 0.3 is 0 Å². The van der Waals surface area contributed by atoms with E-state index in [0.717, 1.165) is 0 Å². The Morgan fingerprint density at radius 3 is 2.22 bits per heavy atom. The first-order valence-electron chi connectivity index (χ1n) is 5.51. The molecule has 0 bridgehead atoms. The molecule has 1 aromatic carbocycles. The lowest BCUT2D eigenvalue weighted by Crippen LogP contribution is -2.32. The van der Waals surface area contributed by atoms with Crippen molar-refractivity contribution < 1.29 is 13.2 Å². The van der Waals surface area contributed by atoms with Crippen molar-refractivity contribution in [3.05, 3.63) is 24.3 Å². The average Bonchev–Trinajstić information content (AvgIpc) is 2.31. The molecule has 0 aromatic heterocycles. The van der Waals surface area contributed by atoms with Crippen LogP contribution in [0.5, 0.6) is 0 Å². The molecular weight excluding hydrogens is 254 g/mol. The highest BCUT2D eigenvalue weighted by Gasteiger charge is 2.08. The summed E-state index contributed by atoms with van der Waals surface area (Å²) < 4.78 is 25.1. The lowest BCUT2D eigenvalue weighted by molar-refractivity contribution is -0.117. The topological polar surface area (TPSA) is 101 Å². The zero-order valence-electron chi connectivity index (χ0n) is 10.3. The van der Waals surface area contributed by atoms with Gasteiger partial charge in [0, 0.05) is 11.4 Å². The van der Waals surface area contributed by atoms with Crippen molar-refractivity contribution in [3.8, 4) is 0 Å². The van der Waals surface area contributed by atoms with Crippen molar-refractivity contribution in [1.29, 1.82) is 0 Å². The number of nitrogens with one attached hydrogen (secondary N) is 2. The molecule has 0 spiro atoms. The number of benzene rings is 1. The van der Waals surface area contributed by atoms with Crippen molar-refractivity contribution in [2.75, 3.05) is 15.8 Å². The normalized spacial score (nSPS) is 12.8. The fourth-order valence-corrected chi connectivity index (χ4v) is 1.77. The van der Waals surface area contributed by atoms with Gasteiger partial charge in [0.1, 0.15) is 0 Å². The molecule has 100 valence electrons. The third-order valence-corrected chi connectivity index (χ3v) is 3.53. The summed E-state index contributed by atoms with van der Waals surface area (Å²) in [5.74, 6) is -0.284. The van der Waals surface area contributed by atoms with Crippen molar-refractivity contribution in [2.24, 2.45) is 5.73 Å². The van der Waals surface area contributed by atoms with Crippen LogP contribution >= 0.6 is 0 Å². The smallest absolute Gasteiger partial charge is 0.240 e. The number of hydrogen-bond acceptors (Lipinski definition) is 4. The van der Waals surface area contributed by atoms with E-state index in [2.05, 4.69) is 10.0 Å². The first-order valence-corrected chi connectivity index (χ1v) is 7.16. The maximum absolute atomic E-state index is 11.3. The molecule has 0 heterocycles. The van der Waals surface area contributed by atoms with Crippen LogP contribution in [0.4, 0.5) is 11.4 Å². The van der Waals surface area contributed by atoms with Crippen LogP contribution in [0.3, 0.4) is 0 Å². The first kappa shape index (κ1) is 14.5. The standard InChI is InChI=1S/C11H17N3O3S/c1-3-18(16,17)14-10-6-4-9(5-7-10)13-11(15)8(2)12/h4-8,14H,3,12H2,1-2H3,(H,13,15)/t8-/m1/s1. The molecule has 0 aliphatic carbocycles. The highest BCUT2D eigenvalue weighted by atomic mass is 32.2. The van der Waals surface area contributed by atoms with Gasteiger partial charge in [-0.05, 0) is 38.1 Å². The highest BCUT2D eigenvalue weighted by Crippen LogP contribution is 2.14. The van der Waals surface area contributed by atoms with E-state index in [0.29, 0.717) is 11.4 Å². The van der Waals surface area contributed by atoms with E-state index in [-0.39, 0.29) is 11.7 Å². The maximum atomic E-state index is 11.3. The summed E-state index contributed by atoms with van der Waals surface area (Å²) in [6.07, 6.45) is 0. The lowest BCUT2D eigenvalue weighted by atomic mass is 10.2. The van der Waals surface area contributed by atoms with Gasteiger partial charge in [-0.2, -0.15) is 0 Å². The largest absolute Gasteiger partial charge is 0.325 e. The Morgan fingerprint density at radius 1 is 1.28 bits per heavy atom. The number of carbonyl (C=O) groups is 1. The Kier molecular flexibility index (Phi) is 4.69. The van der Waals surface area contributed by atoms with Crippen LogP contribution in [-0.2, 0) is 14.8 Å². The number of rotatable bonds is 5. The summed E-state index contributed by atoms with van der Waals surface area (Å²) in [6.45, 7) is 3.14. The third-order valence-electron chi connectivity index (χ3n) is 2.22. The molecule has 1 rings (SSSR count). The van der Waals surface area contributed by atoms with Crippen molar-refractivity contribution in [2.45, 2.75) is 19.9 Å². The fourth-order valence-electron chi connectivity index (χ4n) is 1.13. The molecule has 4 N–H and O–H groups in total. The summed E-state index contributed by atoms with van der Waals surface area (Å²) in [4.78, 5) is 11.3. The molecule has 7 heteroatoms. The monoisotopic (exact) mass is 271 g/mol. The Hall–Kier alpha value is -1.60. The van der Waals surface area contributed by atoms with Crippen LogP contribution in [0.2, 0.25) is 0 Å². The number of nitrogens with two attached hydrogens (primary N) is 1. The molecule has 1 amide bonds. The van der Waals surface area contributed by atoms with Gasteiger partial charge in [-0.25, -0.2) is 8.42 Å². The van der Waals surface area contributed by atoms with E-state index in [4.69, 9.17) is 5.73 Å². The van der Waals surface area contributed by atoms with Crippen molar-refractivity contribution >= 4 is 27.3 Å². The molecular formula is C11H17N3O3S. The van der Waals surface area contributed by atoms with Gasteiger partial charge in [0.15, 0.2) is 0 Å². The number of hydrogen-bond donors (Lipinski definition) is 3. The molecule has 0 aliphatic rings. The van der Waals surface area contributed by atoms with Gasteiger partial charge in [0.05, 0.1) is 11.8 Å². The average molecular weight is 271 g/mol. The predicted molar refractivity (Wildman–Crippen MR) is 71.8 cm³/mol. The predicted octanol–water partition coefficient (Wildman–Crippen LogP) is 0.734. The lowest BCUT2D eigenvalue weighted by Gasteiger charge is -2.09. The van der Waals surface area contributed by atoms with Gasteiger partial charge in [-0.15, -0.1) is 0 Å². The second-order valence-electron chi connectivity index (χ2n) is 3.86. The van der Waals surface area contributed by atoms with Gasteiger partial charge in [-0.1, -0.05) is 0 Å². The van der Waals surface area contributed by atoms with E-state index < -0.39 is 16.1 Å². The minimum Gasteiger partial charge on any atom is -0.325 e. The van der Waals surface area contributed by atoms with Crippen molar-refractivity contribution in [1.82, 2.24) is 0 Å². The Morgan fingerprint density at radius 2 is 1.78 bits per heavy atom. The number of carbonyl (C=O) groups excluding carboxylic acids is 1. The molecule has 1 atom stereocenters.